The van der Waals surface area contributed by atoms with Gasteiger partial charge in [-0.2, -0.15) is 0 Å². The molecule has 3 heteroatoms. The lowest BCUT2D eigenvalue weighted by atomic mass is 9.95. The molecule has 4 aromatic rings. The predicted molar refractivity (Wildman–Crippen MR) is 105 cm³/mol. The van der Waals surface area contributed by atoms with Crippen LogP contribution in [-0.4, -0.2) is 10.1 Å². The van der Waals surface area contributed by atoms with Crippen LogP contribution >= 0.6 is 0 Å². The monoisotopic (exact) mass is 353 g/mol. The number of halogens is 1. The lowest BCUT2D eigenvalue weighted by Gasteiger charge is -2.14. The van der Waals surface area contributed by atoms with Crippen LogP contribution in [-0.2, 0) is 0 Å². The SMILES string of the molecule is OC1c2ccccc2-c2nc(-c3ccccc3F)cc(-c3ccccc3)c21. The number of aromatic nitrogens is 1. The first-order chi connectivity index (χ1) is 13.2. The zero-order chi connectivity index (χ0) is 18.4. The second-order valence-electron chi connectivity index (χ2n) is 6.65. The summed E-state index contributed by atoms with van der Waals surface area (Å²) in [6.45, 7) is 0. The van der Waals surface area contributed by atoms with Crippen LogP contribution in [0.1, 0.15) is 17.2 Å². The third-order valence-electron chi connectivity index (χ3n) is 5.08. The van der Waals surface area contributed by atoms with E-state index < -0.39 is 6.10 Å². The number of aliphatic hydroxyl groups excluding tert-OH is 1. The van der Waals surface area contributed by atoms with E-state index in [2.05, 4.69) is 0 Å². The third-order valence-corrected chi connectivity index (χ3v) is 5.08. The first-order valence-electron chi connectivity index (χ1n) is 8.86. The third kappa shape index (κ3) is 2.47. The molecule has 1 aromatic heterocycles. The lowest BCUT2D eigenvalue weighted by molar-refractivity contribution is 0.225. The van der Waals surface area contributed by atoms with Crippen LogP contribution in [0.25, 0.3) is 33.6 Å². The minimum atomic E-state index is -0.742. The maximum absolute atomic E-state index is 14.4. The maximum Gasteiger partial charge on any atom is 0.132 e. The summed E-state index contributed by atoms with van der Waals surface area (Å²) < 4.78 is 14.4. The van der Waals surface area contributed by atoms with Crippen LogP contribution in [0, 0.1) is 5.82 Å². The van der Waals surface area contributed by atoms with Crippen molar-refractivity contribution in [2.24, 2.45) is 0 Å². The summed E-state index contributed by atoms with van der Waals surface area (Å²) in [6.07, 6.45) is -0.742. The molecular weight excluding hydrogens is 337 g/mol. The van der Waals surface area contributed by atoms with Gasteiger partial charge in [0.2, 0.25) is 0 Å². The van der Waals surface area contributed by atoms with E-state index in [0.717, 1.165) is 33.5 Å². The number of aliphatic hydroxyl groups is 1. The minimum absolute atomic E-state index is 0.309. The van der Waals surface area contributed by atoms with Crippen LogP contribution in [0.2, 0.25) is 0 Å². The first kappa shape index (κ1) is 15.9. The van der Waals surface area contributed by atoms with Crippen molar-refractivity contribution in [2.45, 2.75) is 6.10 Å². The zero-order valence-electron chi connectivity index (χ0n) is 14.4. The molecular formula is C24H16FNO. The Labute approximate surface area is 156 Å². The van der Waals surface area contributed by atoms with Crippen molar-refractivity contribution in [3.8, 4) is 33.6 Å². The number of hydrogen-bond acceptors (Lipinski definition) is 2. The van der Waals surface area contributed by atoms with Crippen molar-refractivity contribution < 1.29 is 9.50 Å². The Bertz CT molecular complexity index is 1150. The van der Waals surface area contributed by atoms with Gasteiger partial charge in [0.05, 0.1) is 11.4 Å². The number of rotatable bonds is 2. The van der Waals surface area contributed by atoms with E-state index in [1.807, 2.05) is 60.7 Å². The smallest absolute Gasteiger partial charge is 0.132 e. The van der Waals surface area contributed by atoms with E-state index in [9.17, 15) is 9.50 Å². The van der Waals surface area contributed by atoms with Crippen LogP contribution in [0.15, 0.2) is 84.9 Å². The van der Waals surface area contributed by atoms with E-state index in [4.69, 9.17) is 4.98 Å². The highest BCUT2D eigenvalue weighted by Crippen LogP contribution is 2.47. The van der Waals surface area contributed by atoms with E-state index in [1.165, 1.54) is 6.07 Å². The van der Waals surface area contributed by atoms with Gasteiger partial charge in [-0.15, -0.1) is 0 Å². The summed E-state index contributed by atoms with van der Waals surface area (Å²) in [5.74, 6) is -0.309. The van der Waals surface area contributed by atoms with Crippen molar-refractivity contribution in [1.82, 2.24) is 4.98 Å². The molecule has 0 fully saturated rings. The molecule has 0 saturated heterocycles. The quantitative estimate of drug-likeness (QED) is 0.507. The Kier molecular flexibility index (Phi) is 3.62. The van der Waals surface area contributed by atoms with Crippen molar-refractivity contribution in [2.75, 3.05) is 0 Å². The highest BCUT2D eigenvalue weighted by Gasteiger charge is 2.32. The number of benzene rings is 3. The van der Waals surface area contributed by atoms with Crippen molar-refractivity contribution in [1.29, 1.82) is 0 Å². The standard InChI is InChI=1S/C24H16FNO/c25-20-13-7-6-12-18(20)21-14-19(15-8-2-1-3-9-15)22-23(26-21)16-10-4-5-11-17(16)24(22)27/h1-14,24,27H. The Balaban J connectivity index is 1.85. The molecule has 1 heterocycles. The summed E-state index contributed by atoms with van der Waals surface area (Å²) in [6, 6.07) is 26.1. The maximum atomic E-state index is 14.4. The molecule has 3 aromatic carbocycles. The molecule has 1 N–H and O–H groups in total. The fraction of sp³-hybridized carbons (Fsp3) is 0.0417. The molecule has 0 bridgehead atoms. The van der Waals surface area contributed by atoms with Gasteiger partial charge in [-0.1, -0.05) is 66.7 Å². The average Bonchev–Trinajstić information content (AvgIpc) is 3.01. The normalized spacial score (nSPS) is 14.7. The van der Waals surface area contributed by atoms with Gasteiger partial charge in [0.25, 0.3) is 0 Å². The number of fused-ring (bicyclic) bond motifs is 3. The van der Waals surface area contributed by atoms with Gasteiger partial charge in [0.1, 0.15) is 11.9 Å². The van der Waals surface area contributed by atoms with Crippen molar-refractivity contribution >= 4 is 0 Å². The summed E-state index contributed by atoms with van der Waals surface area (Å²) in [7, 11) is 0. The number of hydrogen-bond donors (Lipinski definition) is 1. The molecule has 0 saturated carbocycles. The molecule has 0 spiro atoms. The molecule has 130 valence electrons. The summed E-state index contributed by atoms with van der Waals surface area (Å²) >= 11 is 0. The predicted octanol–water partition coefficient (Wildman–Crippen LogP) is 5.62. The molecule has 1 unspecified atom stereocenters. The molecule has 5 rings (SSSR count). The van der Waals surface area contributed by atoms with E-state index in [1.54, 1.807) is 18.2 Å². The zero-order valence-corrected chi connectivity index (χ0v) is 14.4. The van der Waals surface area contributed by atoms with E-state index in [0.29, 0.717) is 11.3 Å². The highest BCUT2D eigenvalue weighted by molar-refractivity contribution is 5.86. The van der Waals surface area contributed by atoms with Gasteiger partial charge in [-0.25, -0.2) is 9.37 Å². The second kappa shape index (κ2) is 6.15. The molecule has 0 aliphatic heterocycles. The first-order valence-corrected chi connectivity index (χ1v) is 8.86. The van der Waals surface area contributed by atoms with Gasteiger partial charge < -0.3 is 5.11 Å². The molecule has 1 aliphatic rings. The van der Waals surface area contributed by atoms with E-state index in [-0.39, 0.29) is 5.82 Å². The Morgan fingerprint density at radius 1 is 0.741 bits per heavy atom. The minimum Gasteiger partial charge on any atom is -0.384 e. The van der Waals surface area contributed by atoms with Gasteiger partial charge in [0, 0.05) is 16.7 Å². The molecule has 2 nitrogen and oxygen atoms in total. The fourth-order valence-electron chi connectivity index (χ4n) is 3.81. The molecule has 27 heavy (non-hydrogen) atoms. The molecule has 1 atom stereocenters. The second-order valence-corrected chi connectivity index (χ2v) is 6.65. The molecule has 0 radical (unpaired) electrons. The Hall–Kier alpha value is -3.30. The average molecular weight is 353 g/mol. The van der Waals surface area contributed by atoms with Crippen molar-refractivity contribution in [3.63, 3.8) is 0 Å². The Morgan fingerprint density at radius 2 is 1.41 bits per heavy atom. The summed E-state index contributed by atoms with van der Waals surface area (Å²) in [5, 5.41) is 11.0. The number of nitrogens with zero attached hydrogens (tertiary/aromatic N) is 1. The van der Waals surface area contributed by atoms with Gasteiger partial charge in [-0.3, -0.25) is 0 Å². The summed E-state index contributed by atoms with van der Waals surface area (Å²) in [4.78, 5) is 4.76. The van der Waals surface area contributed by atoms with E-state index >= 15 is 0 Å². The van der Waals surface area contributed by atoms with Gasteiger partial charge in [-0.05, 0) is 34.9 Å². The van der Waals surface area contributed by atoms with Gasteiger partial charge in [0.15, 0.2) is 0 Å². The highest BCUT2D eigenvalue weighted by atomic mass is 19.1. The van der Waals surface area contributed by atoms with Crippen LogP contribution in [0.3, 0.4) is 0 Å². The van der Waals surface area contributed by atoms with Gasteiger partial charge >= 0.3 is 0 Å². The fourth-order valence-corrected chi connectivity index (χ4v) is 3.81. The van der Waals surface area contributed by atoms with Crippen LogP contribution < -0.4 is 0 Å². The molecule has 1 aliphatic carbocycles. The lowest BCUT2D eigenvalue weighted by Crippen LogP contribution is -2.00. The summed E-state index contributed by atoms with van der Waals surface area (Å²) in [5.41, 5.74) is 6.10. The van der Waals surface area contributed by atoms with Crippen LogP contribution in [0.4, 0.5) is 4.39 Å². The topological polar surface area (TPSA) is 33.1 Å². The molecule has 0 amide bonds. The largest absolute Gasteiger partial charge is 0.384 e. The number of pyridine rings is 1. The Morgan fingerprint density at radius 3 is 2.19 bits per heavy atom. The van der Waals surface area contributed by atoms with Crippen LogP contribution in [0.5, 0.6) is 0 Å². The van der Waals surface area contributed by atoms with Crippen molar-refractivity contribution in [3.05, 3.63) is 102 Å².